The number of esters is 2. The van der Waals surface area contributed by atoms with Gasteiger partial charge in [0.15, 0.2) is 6.61 Å². The second-order valence-electron chi connectivity index (χ2n) is 9.35. The molecule has 1 aromatic carbocycles. The van der Waals surface area contributed by atoms with E-state index in [1.165, 1.54) is 34.9 Å². The molecule has 0 saturated carbocycles. The highest BCUT2D eigenvalue weighted by atomic mass is 32.2. The van der Waals surface area contributed by atoms with E-state index >= 15 is 0 Å². The van der Waals surface area contributed by atoms with Crippen LogP contribution in [0.15, 0.2) is 23.1 Å². The van der Waals surface area contributed by atoms with Gasteiger partial charge in [-0.2, -0.15) is 4.31 Å². The van der Waals surface area contributed by atoms with Crippen molar-refractivity contribution in [3.63, 3.8) is 0 Å². The smallest absolute Gasteiger partial charge is 0.341 e. The van der Waals surface area contributed by atoms with Crippen LogP contribution < -0.4 is 10.2 Å². The Hall–Kier alpha value is -3.00. The van der Waals surface area contributed by atoms with E-state index in [1.807, 2.05) is 11.8 Å². The van der Waals surface area contributed by atoms with Gasteiger partial charge in [-0.1, -0.05) is 6.42 Å². The number of morpholine rings is 1. The van der Waals surface area contributed by atoms with Gasteiger partial charge in [0.05, 0.1) is 42.0 Å². The molecular weight excluding hydrogens is 546 g/mol. The van der Waals surface area contributed by atoms with E-state index in [0.717, 1.165) is 24.1 Å². The summed E-state index contributed by atoms with van der Waals surface area (Å²) in [5.41, 5.74) is 1.52. The number of piperidine rings is 1. The molecule has 1 amide bonds. The normalized spacial score (nSPS) is 16.5. The maximum atomic E-state index is 13.3. The van der Waals surface area contributed by atoms with E-state index in [1.54, 1.807) is 13.0 Å². The number of anilines is 2. The standard InChI is InChI=1S/C26H33N3O8S2/c1-17-18(2)38-24(23(17)26(32)35-3)27-22(30)16-37-25(31)20-15-19(39(33,34)29-9-5-4-6-10-29)7-8-21(20)28-11-13-36-14-12-28/h7-8,15H,4-6,9-14,16H2,1-3H3,(H,27,30). The molecule has 0 unspecified atom stereocenters. The topological polar surface area (TPSA) is 132 Å². The molecule has 2 fully saturated rings. The quantitative estimate of drug-likeness (QED) is 0.469. The Kier molecular flexibility index (Phi) is 9.26. The molecule has 1 aromatic heterocycles. The van der Waals surface area contributed by atoms with Gasteiger partial charge in [-0.15, -0.1) is 11.3 Å². The molecule has 2 aliphatic rings. The summed E-state index contributed by atoms with van der Waals surface area (Å²) in [5, 5.41) is 2.93. The van der Waals surface area contributed by atoms with E-state index in [9.17, 15) is 22.8 Å². The van der Waals surface area contributed by atoms with Gasteiger partial charge in [0, 0.05) is 31.1 Å². The van der Waals surface area contributed by atoms with Gasteiger partial charge in [-0.3, -0.25) is 4.79 Å². The fraction of sp³-hybridized carbons (Fsp3) is 0.500. The second-order valence-corrected chi connectivity index (χ2v) is 12.5. The molecule has 212 valence electrons. The average molecular weight is 580 g/mol. The van der Waals surface area contributed by atoms with Crippen LogP contribution in [0.1, 0.15) is 50.4 Å². The fourth-order valence-electron chi connectivity index (χ4n) is 4.61. The first-order valence-electron chi connectivity index (χ1n) is 12.8. The molecule has 2 saturated heterocycles. The minimum atomic E-state index is -3.79. The van der Waals surface area contributed by atoms with Crippen molar-refractivity contribution in [1.82, 2.24) is 4.31 Å². The van der Waals surface area contributed by atoms with Crippen LogP contribution in [0.2, 0.25) is 0 Å². The van der Waals surface area contributed by atoms with Crippen molar-refractivity contribution in [2.24, 2.45) is 0 Å². The molecule has 1 N–H and O–H groups in total. The maximum Gasteiger partial charge on any atom is 0.341 e. The molecule has 0 spiro atoms. The second kappa shape index (κ2) is 12.5. The number of sulfonamides is 1. The first-order chi connectivity index (χ1) is 18.6. The van der Waals surface area contributed by atoms with Gasteiger partial charge in [0.1, 0.15) is 5.00 Å². The van der Waals surface area contributed by atoms with Gasteiger partial charge >= 0.3 is 11.9 Å². The summed E-state index contributed by atoms with van der Waals surface area (Å²) in [4.78, 5) is 40.9. The first kappa shape index (κ1) is 29.0. The molecule has 3 heterocycles. The van der Waals surface area contributed by atoms with Crippen LogP contribution >= 0.6 is 11.3 Å². The fourth-order valence-corrected chi connectivity index (χ4v) is 7.22. The van der Waals surface area contributed by atoms with Crippen LogP contribution in [0.3, 0.4) is 0 Å². The summed E-state index contributed by atoms with van der Waals surface area (Å²) in [6.45, 7) is 5.79. The number of nitrogens with zero attached hydrogens (tertiary/aromatic N) is 2. The Labute approximate surface area is 232 Å². The van der Waals surface area contributed by atoms with Crippen LogP contribution in [0.25, 0.3) is 0 Å². The largest absolute Gasteiger partial charge is 0.465 e. The lowest BCUT2D eigenvalue weighted by atomic mass is 10.1. The molecule has 0 atom stereocenters. The van der Waals surface area contributed by atoms with Crippen molar-refractivity contribution in [2.75, 3.05) is 63.3 Å². The molecule has 4 rings (SSSR count). The summed E-state index contributed by atoms with van der Waals surface area (Å²) < 4.78 is 43.6. The van der Waals surface area contributed by atoms with Crippen LogP contribution in [-0.4, -0.2) is 83.7 Å². The van der Waals surface area contributed by atoms with E-state index in [2.05, 4.69) is 5.32 Å². The highest BCUT2D eigenvalue weighted by molar-refractivity contribution is 7.89. The average Bonchev–Trinajstić information content (AvgIpc) is 3.23. The van der Waals surface area contributed by atoms with Gasteiger partial charge in [-0.25, -0.2) is 18.0 Å². The number of benzene rings is 1. The van der Waals surface area contributed by atoms with Crippen molar-refractivity contribution < 1.29 is 37.0 Å². The Bertz CT molecular complexity index is 1340. The number of methoxy groups -OCH3 is 1. The number of hydrogen-bond donors (Lipinski definition) is 1. The van der Waals surface area contributed by atoms with Crippen LogP contribution in [-0.2, 0) is 29.0 Å². The minimum absolute atomic E-state index is 0.00469. The summed E-state index contributed by atoms with van der Waals surface area (Å²) in [6, 6.07) is 4.45. The predicted octanol–water partition coefficient (Wildman–Crippen LogP) is 2.96. The number of hydrogen-bond acceptors (Lipinski definition) is 10. The minimum Gasteiger partial charge on any atom is -0.465 e. The molecule has 2 aromatic rings. The van der Waals surface area contributed by atoms with Crippen molar-refractivity contribution in [1.29, 1.82) is 0 Å². The zero-order valence-electron chi connectivity index (χ0n) is 22.3. The SMILES string of the molecule is COC(=O)c1c(NC(=O)COC(=O)c2cc(S(=O)(=O)N3CCCCC3)ccc2N2CCOCC2)sc(C)c1C. The van der Waals surface area contributed by atoms with Crippen molar-refractivity contribution in [3.8, 4) is 0 Å². The zero-order valence-corrected chi connectivity index (χ0v) is 23.9. The number of carbonyl (C=O) groups excluding carboxylic acids is 3. The molecular formula is C26H33N3O8S2. The summed E-state index contributed by atoms with van der Waals surface area (Å²) in [5.74, 6) is -2.04. The Balaban J connectivity index is 1.55. The number of rotatable bonds is 8. The lowest BCUT2D eigenvalue weighted by Crippen LogP contribution is -2.38. The number of thiophene rings is 1. The molecule has 0 aliphatic carbocycles. The third kappa shape index (κ3) is 6.43. The maximum absolute atomic E-state index is 13.3. The van der Waals surface area contributed by atoms with Crippen LogP contribution in [0.5, 0.6) is 0 Å². The Morgan fingerprint density at radius 3 is 2.38 bits per heavy atom. The zero-order chi connectivity index (χ0) is 28.2. The van der Waals surface area contributed by atoms with Gasteiger partial charge in [0.2, 0.25) is 10.0 Å². The third-order valence-electron chi connectivity index (χ3n) is 6.85. The van der Waals surface area contributed by atoms with Crippen molar-refractivity contribution >= 4 is 49.9 Å². The highest BCUT2D eigenvalue weighted by Gasteiger charge is 2.29. The Morgan fingerprint density at radius 2 is 1.72 bits per heavy atom. The van der Waals surface area contributed by atoms with Crippen molar-refractivity contribution in [2.45, 2.75) is 38.0 Å². The number of ether oxygens (including phenoxy) is 3. The predicted molar refractivity (Wildman–Crippen MR) is 146 cm³/mol. The molecule has 0 bridgehead atoms. The summed E-state index contributed by atoms with van der Waals surface area (Å²) in [7, 11) is -2.54. The third-order valence-corrected chi connectivity index (χ3v) is 9.87. The number of amides is 1. The first-order valence-corrected chi connectivity index (χ1v) is 15.0. The summed E-state index contributed by atoms with van der Waals surface area (Å²) >= 11 is 1.22. The number of carbonyl (C=O) groups is 3. The Morgan fingerprint density at radius 1 is 1.03 bits per heavy atom. The molecule has 2 aliphatic heterocycles. The van der Waals surface area contributed by atoms with Gasteiger partial charge in [0.25, 0.3) is 5.91 Å². The number of aryl methyl sites for hydroxylation is 1. The highest BCUT2D eigenvalue weighted by Crippen LogP contribution is 2.33. The van der Waals surface area contributed by atoms with Crippen LogP contribution in [0, 0.1) is 13.8 Å². The molecule has 13 heteroatoms. The van der Waals surface area contributed by atoms with Crippen LogP contribution in [0.4, 0.5) is 10.7 Å². The van der Waals surface area contributed by atoms with Gasteiger partial charge in [-0.05, 0) is 50.5 Å². The lowest BCUT2D eigenvalue weighted by molar-refractivity contribution is -0.119. The molecule has 0 radical (unpaired) electrons. The molecule has 11 nitrogen and oxygen atoms in total. The molecule has 39 heavy (non-hydrogen) atoms. The van der Waals surface area contributed by atoms with E-state index < -0.39 is 34.5 Å². The van der Waals surface area contributed by atoms with E-state index in [-0.39, 0.29) is 16.0 Å². The van der Waals surface area contributed by atoms with E-state index in [0.29, 0.717) is 55.6 Å². The lowest BCUT2D eigenvalue weighted by Gasteiger charge is -2.31. The van der Waals surface area contributed by atoms with E-state index in [4.69, 9.17) is 14.2 Å². The number of nitrogens with one attached hydrogen (secondary N) is 1. The monoisotopic (exact) mass is 579 g/mol. The summed E-state index contributed by atoms with van der Waals surface area (Å²) in [6.07, 6.45) is 2.56. The van der Waals surface area contributed by atoms with Crippen molar-refractivity contribution in [3.05, 3.63) is 39.8 Å². The van der Waals surface area contributed by atoms with Gasteiger partial charge < -0.3 is 24.4 Å².